The normalized spacial score (nSPS) is 13.8. The number of nitrogens with one attached hydrogen (secondary N) is 1. The summed E-state index contributed by atoms with van der Waals surface area (Å²) in [5, 5.41) is 4.12. The van der Waals surface area contributed by atoms with Crippen LogP contribution in [0.15, 0.2) is 88.8 Å². The van der Waals surface area contributed by atoms with Gasteiger partial charge in [-0.1, -0.05) is 54.9 Å². The molecule has 172 valence electrons. The van der Waals surface area contributed by atoms with Crippen LogP contribution < -0.4 is 15.6 Å². The molecule has 1 N–H and O–H groups in total. The lowest BCUT2D eigenvalue weighted by Gasteiger charge is -2.15. The molecule has 0 spiro atoms. The van der Waals surface area contributed by atoms with Crippen molar-refractivity contribution in [3.8, 4) is 17.2 Å². The van der Waals surface area contributed by atoms with Crippen molar-refractivity contribution >= 4 is 28.6 Å². The maximum absolute atomic E-state index is 13.4. The van der Waals surface area contributed by atoms with Gasteiger partial charge in [0, 0.05) is 6.04 Å². The lowest BCUT2D eigenvalue weighted by atomic mass is 10.2. The molecular weight excluding hydrogens is 446 g/mol. The standard InChI is InChI=1S/C27H25N3O3S/c31-25(28-19-8-4-5-9-19)18-34-27-29-24-13-7-6-12-23(24)26(32)30(27)20-14-16-22(17-15-20)33-21-10-2-1-3-11-21/h1-3,6-7,10-17,19H,4-5,8-9,18H2,(H,28,31). The molecule has 1 saturated carbocycles. The number of aromatic nitrogens is 2. The van der Waals surface area contributed by atoms with Crippen molar-refractivity contribution in [2.75, 3.05) is 5.75 Å². The van der Waals surface area contributed by atoms with Crippen LogP contribution in [0.1, 0.15) is 25.7 Å². The van der Waals surface area contributed by atoms with Crippen LogP contribution in [0.25, 0.3) is 16.6 Å². The minimum atomic E-state index is -0.166. The number of amides is 1. The summed E-state index contributed by atoms with van der Waals surface area (Å²) in [7, 11) is 0. The summed E-state index contributed by atoms with van der Waals surface area (Å²) in [4.78, 5) is 30.7. The number of fused-ring (bicyclic) bond motifs is 1. The molecule has 0 aliphatic heterocycles. The molecule has 4 aromatic rings. The SMILES string of the molecule is O=C(CSc1nc2ccccc2c(=O)n1-c1ccc(Oc2ccccc2)cc1)NC1CCCC1. The van der Waals surface area contributed by atoms with Crippen LogP contribution in [0.3, 0.4) is 0 Å². The van der Waals surface area contributed by atoms with Crippen molar-refractivity contribution in [3.63, 3.8) is 0 Å². The number of para-hydroxylation sites is 2. The van der Waals surface area contributed by atoms with Gasteiger partial charge in [-0.15, -0.1) is 0 Å². The first kappa shape index (κ1) is 22.2. The predicted molar refractivity (Wildman–Crippen MR) is 135 cm³/mol. The van der Waals surface area contributed by atoms with Gasteiger partial charge in [-0.2, -0.15) is 0 Å². The smallest absolute Gasteiger partial charge is 0.266 e. The molecular formula is C27H25N3O3S. The number of carbonyl (C=O) groups is 1. The highest BCUT2D eigenvalue weighted by Crippen LogP contribution is 2.25. The van der Waals surface area contributed by atoms with Crippen LogP contribution in [0, 0.1) is 0 Å². The van der Waals surface area contributed by atoms with Gasteiger partial charge >= 0.3 is 0 Å². The number of hydrogen-bond acceptors (Lipinski definition) is 5. The second kappa shape index (κ2) is 10.1. The Morgan fingerprint density at radius 2 is 1.62 bits per heavy atom. The molecule has 34 heavy (non-hydrogen) atoms. The molecule has 0 saturated heterocycles. The Labute approximate surface area is 202 Å². The third kappa shape index (κ3) is 4.99. The zero-order valence-electron chi connectivity index (χ0n) is 18.6. The number of nitrogens with zero attached hydrogens (tertiary/aromatic N) is 2. The van der Waals surface area contributed by atoms with Crippen molar-refractivity contribution in [2.45, 2.75) is 36.9 Å². The van der Waals surface area contributed by atoms with Crippen molar-refractivity contribution in [1.82, 2.24) is 14.9 Å². The Kier molecular flexibility index (Phi) is 6.62. The molecule has 6 nitrogen and oxygen atoms in total. The fourth-order valence-corrected chi connectivity index (χ4v) is 5.02. The largest absolute Gasteiger partial charge is 0.457 e. The van der Waals surface area contributed by atoms with E-state index in [1.54, 1.807) is 10.6 Å². The van der Waals surface area contributed by atoms with Gasteiger partial charge in [0.2, 0.25) is 5.91 Å². The zero-order chi connectivity index (χ0) is 23.3. The number of thioether (sulfide) groups is 1. The monoisotopic (exact) mass is 471 g/mol. The van der Waals surface area contributed by atoms with E-state index in [0.29, 0.717) is 27.5 Å². The average molecular weight is 472 g/mol. The molecule has 0 radical (unpaired) electrons. The van der Waals surface area contributed by atoms with Gasteiger partial charge in [-0.25, -0.2) is 4.98 Å². The van der Waals surface area contributed by atoms with E-state index in [-0.39, 0.29) is 23.3 Å². The maximum Gasteiger partial charge on any atom is 0.266 e. The van der Waals surface area contributed by atoms with E-state index in [1.165, 1.54) is 11.8 Å². The number of benzene rings is 3. The minimum absolute atomic E-state index is 0.0301. The second-order valence-corrected chi connectivity index (χ2v) is 9.24. The molecule has 1 aromatic heterocycles. The van der Waals surface area contributed by atoms with Gasteiger partial charge in [0.05, 0.1) is 22.3 Å². The van der Waals surface area contributed by atoms with Crippen molar-refractivity contribution in [1.29, 1.82) is 0 Å². The third-order valence-corrected chi connectivity index (χ3v) is 6.81. The topological polar surface area (TPSA) is 73.2 Å². The summed E-state index contributed by atoms with van der Waals surface area (Å²) >= 11 is 1.28. The van der Waals surface area contributed by atoms with Crippen molar-refractivity contribution < 1.29 is 9.53 Å². The summed E-state index contributed by atoms with van der Waals surface area (Å²) in [5.74, 6) is 1.58. The molecule has 1 amide bonds. The highest BCUT2D eigenvalue weighted by molar-refractivity contribution is 7.99. The summed E-state index contributed by atoms with van der Waals surface area (Å²) in [5.41, 5.74) is 1.12. The molecule has 1 heterocycles. The maximum atomic E-state index is 13.4. The van der Waals surface area contributed by atoms with Crippen LogP contribution >= 0.6 is 11.8 Å². The van der Waals surface area contributed by atoms with Gasteiger partial charge < -0.3 is 10.1 Å². The van der Waals surface area contributed by atoms with E-state index < -0.39 is 0 Å². The molecule has 3 aromatic carbocycles. The number of ether oxygens (including phenoxy) is 1. The molecule has 1 fully saturated rings. The first-order chi connectivity index (χ1) is 16.7. The van der Waals surface area contributed by atoms with Gasteiger partial charge in [0.25, 0.3) is 5.56 Å². The van der Waals surface area contributed by atoms with Crippen LogP contribution in [-0.2, 0) is 4.79 Å². The summed E-state index contributed by atoms with van der Waals surface area (Å²) < 4.78 is 7.45. The van der Waals surface area contributed by atoms with E-state index in [9.17, 15) is 9.59 Å². The Morgan fingerprint density at radius 3 is 2.38 bits per heavy atom. The predicted octanol–water partition coefficient (Wildman–Crippen LogP) is 5.33. The fraction of sp³-hybridized carbons (Fsp3) is 0.222. The number of hydrogen-bond donors (Lipinski definition) is 1. The molecule has 1 aliphatic rings. The molecule has 7 heteroatoms. The highest BCUT2D eigenvalue weighted by atomic mass is 32.2. The molecule has 5 rings (SSSR count). The van der Waals surface area contributed by atoms with Crippen molar-refractivity contribution in [2.24, 2.45) is 0 Å². The molecule has 0 atom stereocenters. The average Bonchev–Trinajstić information content (AvgIpc) is 3.37. The summed E-state index contributed by atoms with van der Waals surface area (Å²) in [6, 6.07) is 24.4. The number of carbonyl (C=O) groups excluding carboxylic acids is 1. The first-order valence-corrected chi connectivity index (χ1v) is 12.4. The van der Waals surface area contributed by atoms with Crippen LogP contribution in [-0.4, -0.2) is 27.3 Å². The van der Waals surface area contributed by atoms with E-state index >= 15 is 0 Å². The van der Waals surface area contributed by atoms with E-state index in [2.05, 4.69) is 5.32 Å². The Balaban J connectivity index is 1.43. The summed E-state index contributed by atoms with van der Waals surface area (Å²) in [6.07, 6.45) is 4.39. The van der Waals surface area contributed by atoms with E-state index in [4.69, 9.17) is 9.72 Å². The fourth-order valence-electron chi connectivity index (χ4n) is 4.19. The van der Waals surface area contributed by atoms with E-state index in [1.807, 2.05) is 72.8 Å². The van der Waals surface area contributed by atoms with E-state index in [0.717, 1.165) is 31.4 Å². The van der Waals surface area contributed by atoms with Gasteiger partial charge in [-0.05, 0) is 61.4 Å². The quantitative estimate of drug-likeness (QED) is 0.291. The minimum Gasteiger partial charge on any atom is -0.457 e. The Bertz CT molecular complexity index is 1350. The van der Waals surface area contributed by atoms with Crippen LogP contribution in [0.5, 0.6) is 11.5 Å². The molecule has 0 unspecified atom stereocenters. The number of rotatable bonds is 7. The molecule has 1 aliphatic carbocycles. The third-order valence-electron chi connectivity index (χ3n) is 5.87. The van der Waals surface area contributed by atoms with Crippen molar-refractivity contribution in [3.05, 3.63) is 89.2 Å². The van der Waals surface area contributed by atoms with Crippen LogP contribution in [0.2, 0.25) is 0 Å². The zero-order valence-corrected chi connectivity index (χ0v) is 19.5. The van der Waals surface area contributed by atoms with Gasteiger partial charge in [0.1, 0.15) is 11.5 Å². The first-order valence-electron chi connectivity index (χ1n) is 11.4. The lowest BCUT2D eigenvalue weighted by molar-refractivity contribution is -0.119. The van der Waals surface area contributed by atoms with Crippen LogP contribution in [0.4, 0.5) is 0 Å². The van der Waals surface area contributed by atoms with Gasteiger partial charge in [-0.3, -0.25) is 14.2 Å². The highest BCUT2D eigenvalue weighted by Gasteiger charge is 2.19. The Hall–Kier alpha value is -3.58. The molecule has 0 bridgehead atoms. The second-order valence-electron chi connectivity index (χ2n) is 8.30. The summed E-state index contributed by atoms with van der Waals surface area (Å²) in [6.45, 7) is 0. The lowest BCUT2D eigenvalue weighted by Crippen LogP contribution is -2.34. The Morgan fingerprint density at radius 1 is 0.941 bits per heavy atom. The van der Waals surface area contributed by atoms with Gasteiger partial charge in [0.15, 0.2) is 5.16 Å².